The van der Waals surface area contributed by atoms with Gasteiger partial charge in [0.15, 0.2) is 6.61 Å². The molecule has 98 valence electrons. The first-order valence-corrected chi connectivity index (χ1v) is 6.11. The predicted molar refractivity (Wildman–Crippen MR) is 73.2 cm³/mol. The fraction of sp³-hybridized carbons (Fsp3) is 0.385. The smallest absolute Gasteiger partial charge is 0.277 e. The number of nitrogens with one attached hydrogen (secondary N) is 1. The molecular weight excluding hydrogens is 252 g/mol. The van der Waals surface area contributed by atoms with Crippen molar-refractivity contribution in [1.82, 2.24) is 5.43 Å². The number of amides is 1. The van der Waals surface area contributed by atoms with Crippen molar-refractivity contribution in [3.05, 3.63) is 28.8 Å². The van der Waals surface area contributed by atoms with Crippen LogP contribution in [0, 0.1) is 6.92 Å². The molecule has 0 spiro atoms. The molecule has 0 heterocycles. The van der Waals surface area contributed by atoms with Crippen LogP contribution in [0.25, 0.3) is 0 Å². The van der Waals surface area contributed by atoms with E-state index < -0.39 is 0 Å². The van der Waals surface area contributed by atoms with Gasteiger partial charge in [-0.2, -0.15) is 5.10 Å². The van der Waals surface area contributed by atoms with E-state index in [2.05, 4.69) is 10.5 Å². The lowest BCUT2D eigenvalue weighted by Gasteiger charge is -2.07. The Morgan fingerprint density at radius 1 is 1.50 bits per heavy atom. The van der Waals surface area contributed by atoms with Crippen molar-refractivity contribution < 1.29 is 9.53 Å². The lowest BCUT2D eigenvalue weighted by Crippen LogP contribution is -2.25. The lowest BCUT2D eigenvalue weighted by molar-refractivity contribution is -0.123. The highest BCUT2D eigenvalue weighted by atomic mass is 35.5. The van der Waals surface area contributed by atoms with E-state index in [9.17, 15) is 4.79 Å². The molecule has 0 aliphatic rings. The molecular formula is C13H17ClN2O2. The van der Waals surface area contributed by atoms with Crippen LogP contribution >= 0.6 is 11.6 Å². The molecule has 0 aliphatic carbocycles. The molecule has 0 saturated carbocycles. The Hall–Kier alpha value is -1.55. The molecule has 0 aliphatic heterocycles. The van der Waals surface area contributed by atoms with Gasteiger partial charge in [0.25, 0.3) is 5.91 Å². The number of hydrogen-bond donors (Lipinski definition) is 1. The van der Waals surface area contributed by atoms with Gasteiger partial charge in [0.1, 0.15) is 5.75 Å². The summed E-state index contributed by atoms with van der Waals surface area (Å²) in [6.45, 7) is 5.63. The summed E-state index contributed by atoms with van der Waals surface area (Å²) < 4.78 is 5.33. The number of ether oxygens (including phenoxy) is 1. The summed E-state index contributed by atoms with van der Waals surface area (Å²) in [4.78, 5) is 11.4. The summed E-state index contributed by atoms with van der Waals surface area (Å²) >= 11 is 5.89. The molecule has 0 fully saturated rings. The second-order valence-electron chi connectivity index (χ2n) is 3.94. The highest BCUT2D eigenvalue weighted by Crippen LogP contribution is 2.20. The fourth-order valence-electron chi connectivity index (χ4n) is 1.12. The van der Waals surface area contributed by atoms with E-state index in [1.165, 1.54) is 0 Å². The van der Waals surface area contributed by atoms with Crippen molar-refractivity contribution in [3.63, 3.8) is 0 Å². The maximum atomic E-state index is 11.4. The molecule has 5 heteroatoms. The van der Waals surface area contributed by atoms with Crippen LogP contribution in [0.3, 0.4) is 0 Å². The zero-order valence-corrected chi connectivity index (χ0v) is 11.5. The largest absolute Gasteiger partial charge is 0.484 e. The summed E-state index contributed by atoms with van der Waals surface area (Å²) in [5.74, 6) is 0.332. The van der Waals surface area contributed by atoms with Crippen LogP contribution in [-0.2, 0) is 4.79 Å². The van der Waals surface area contributed by atoms with Crippen LogP contribution in [0.1, 0.15) is 25.8 Å². The Morgan fingerprint density at radius 3 is 2.83 bits per heavy atom. The minimum Gasteiger partial charge on any atom is -0.484 e. The second-order valence-corrected chi connectivity index (χ2v) is 4.34. The zero-order valence-electron chi connectivity index (χ0n) is 10.8. The third-order valence-electron chi connectivity index (χ3n) is 2.38. The van der Waals surface area contributed by atoms with E-state index in [1.54, 1.807) is 18.2 Å². The van der Waals surface area contributed by atoms with Gasteiger partial charge < -0.3 is 4.74 Å². The van der Waals surface area contributed by atoms with Crippen molar-refractivity contribution in [2.45, 2.75) is 27.2 Å². The second kappa shape index (κ2) is 7.01. The van der Waals surface area contributed by atoms with Crippen LogP contribution < -0.4 is 10.2 Å². The first-order chi connectivity index (χ1) is 8.52. The van der Waals surface area contributed by atoms with Crippen LogP contribution in [0.15, 0.2) is 23.3 Å². The maximum absolute atomic E-state index is 11.4. The van der Waals surface area contributed by atoms with Gasteiger partial charge in [0, 0.05) is 10.7 Å². The van der Waals surface area contributed by atoms with Gasteiger partial charge in [0.2, 0.25) is 0 Å². The monoisotopic (exact) mass is 268 g/mol. The topological polar surface area (TPSA) is 50.7 Å². The van der Waals surface area contributed by atoms with E-state index in [1.807, 2.05) is 20.8 Å². The molecule has 1 amide bonds. The van der Waals surface area contributed by atoms with Crippen molar-refractivity contribution in [3.8, 4) is 5.75 Å². The summed E-state index contributed by atoms with van der Waals surface area (Å²) in [6, 6.07) is 5.25. The molecule has 1 rings (SSSR count). The van der Waals surface area contributed by atoms with Crippen LogP contribution in [0.2, 0.25) is 5.02 Å². The third kappa shape index (κ3) is 4.75. The van der Waals surface area contributed by atoms with Gasteiger partial charge in [0.05, 0.1) is 0 Å². The third-order valence-corrected chi connectivity index (χ3v) is 2.81. The van der Waals surface area contributed by atoms with Crippen molar-refractivity contribution in [1.29, 1.82) is 0 Å². The number of hydrogen-bond acceptors (Lipinski definition) is 3. The highest BCUT2D eigenvalue weighted by molar-refractivity contribution is 6.31. The number of benzene rings is 1. The summed E-state index contributed by atoms with van der Waals surface area (Å²) in [7, 11) is 0. The molecule has 0 atom stereocenters. The van der Waals surface area contributed by atoms with Gasteiger partial charge in [-0.05, 0) is 44.0 Å². The standard InChI is InChI=1S/C13H17ClN2O2/c1-4-10(3)15-16-13(17)8-18-11-5-6-12(14)9(2)7-11/h5-7H,4,8H2,1-3H3,(H,16,17)/b15-10-. The van der Waals surface area contributed by atoms with Gasteiger partial charge in [-0.1, -0.05) is 18.5 Å². The average Bonchev–Trinajstić information content (AvgIpc) is 2.37. The van der Waals surface area contributed by atoms with Crippen molar-refractivity contribution >= 4 is 23.2 Å². The highest BCUT2D eigenvalue weighted by Gasteiger charge is 2.03. The molecule has 1 N–H and O–H groups in total. The summed E-state index contributed by atoms with van der Waals surface area (Å²) in [5, 5.41) is 4.58. The first-order valence-electron chi connectivity index (χ1n) is 5.74. The van der Waals surface area contributed by atoms with Gasteiger partial charge >= 0.3 is 0 Å². The molecule has 0 bridgehead atoms. The Morgan fingerprint density at radius 2 is 2.22 bits per heavy atom. The van der Waals surface area contributed by atoms with E-state index >= 15 is 0 Å². The van der Waals surface area contributed by atoms with Crippen LogP contribution in [-0.4, -0.2) is 18.2 Å². The first kappa shape index (κ1) is 14.5. The zero-order chi connectivity index (χ0) is 13.5. The number of aryl methyl sites for hydroxylation is 1. The van der Waals surface area contributed by atoms with Gasteiger partial charge in [-0.3, -0.25) is 4.79 Å². The Bertz CT molecular complexity index is 458. The molecule has 0 radical (unpaired) electrons. The number of hydrazone groups is 1. The maximum Gasteiger partial charge on any atom is 0.277 e. The summed E-state index contributed by atoms with van der Waals surface area (Å²) in [5.41, 5.74) is 4.21. The number of carbonyl (C=O) groups is 1. The Balaban J connectivity index is 2.45. The normalized spacial score (nSPS) is 11.2. The molecule has 1 aromatic carbocycles. The van der Waals surface area contributed by atoms with Gasteiger partial charge in [-0.15, -0.1) is 0 Å². The number of carbonyl (C=O) groups excluding carboxylic acids is 1. The van der Waals surface area contributed by atoms with E-state index in [4.69, 9.17) is 16.3 Å². The fourth-order valence-corrected chi connectivity index (χ4v) is 1.24. The molecule has 1 aromatic rings. The minimum absolute atomic E-state index is 0.0679. The van der Waals surface area contributed by atoms with Crippen molar-refractivity contribution in [2.75, 3.05) is 6.61 Å². The lowest BCUT2D eigenvalue weighted by atomic mass is 10.2. The number of rotatable bonds is 5. The minimum atomic E-state index is -0.282. The summed E-state index contributed by atoms with van der Waals surface area (Å²) in [6.07, 6.45) is 0.803. The SMILES string of the molecule is CC/C(C)=N\NC(=O)COc1ccc(Cl)c(C)c1. The van der Waals surface area contributed by atoms with Crippen LogP contribution in [0.4, 0.5) is 0 Å². The molecule has 0 saturated heterocycles. The molecule has 0 aromatic heterocycles. The van der Waals surface area contributed by atoms with E-state index in [-0.39, 0.29) is 12.5 Å². The molecule has 0 unspecified atom stereocenters. The Kier molecular flexibility index (Phi) is 5.65. The number of nitrogens with zero attached hydrogens (tertiary/aromatic N) is 1. The Labute approximate surface area is 112 Å². The van der Waals surface area contributed by atoms with Crippen LogP contribution in [0.5, 0.6) is 5.75 Å². The van der Waals surface area contributed by atoms with E-state index in [0.29, 0.717) is 10.8 Å². The molecule has 4 nitrogen and oxygen atoms in total. The van der Waals surface area contributed by atoms with Gasteiger partial charge in [-0.25, -0.2) is 5.43 Å². The molecule has 18 heavy (non-hydrogen) atoms. The van der Waals surface area contributed by atoms with E-state index in [0.717, 1.165) is 17.7 Å². The quantitative estimate of drug-likeness (QED) is 0.659. The number of halogens is 1. The van der Waals surface area contributed by atoms with Crippen molar-refractivity contribution in [2.24, 2.45) is 5.10 Å². The average molecular weight is 269 g/mol. The predicted octanol–water partition coefficient (Wildman–Crippen LogP) is 2.93.